The number of nitrogens with one attached hydrogen (secondary N) is 1. The Bertz CT molecular complexity index is 369. The molecule has 1 atom stereocenters. The summed E-state index contributed by atoms with van der Waals surface area (Å²) in [5.41, 5.74) is 0.0784. The molecule has 1 unspecified atom stereocenters. The fourth-order valence-electron chi connectivity index (χ4n) is 2.64. The van der Waals surface area contributed by atoms with Crippen LogP contribution in [0.1, 0.15) is 38.4 Å². The predicted octanol–water partition coefficient (Wildman–Crippen LogP) is 0.690. The van der Waals surface area contributed by atoms with Crippen LogP contribution in [0.4, 0.5) is 0 Å². The molecule has 0 aromatic carbocycles. The first-order chi connectivity index (χ1) is 8.67. The Morgan fingerprint density at radius 1 is 1.50 bits per heavy atom. The second-order valence-corrected chi connectivity index (χ2v) is 5.10. The Morgan fingerprint density at radius 3 is 2.72 bits per heavy atom. The monoisotopic (exact) mass is 253 g/mol. The lowest BCUT2D eigenvalue weighted by Gasteiger charge is -2.42. The van der Waals surface area contributed by atoms with E-state index in [9.17, 15) is 0 Å². The third kappa shape index (κ3) is 3.05. The molecule has 0 saturated heterocycles. The lowest BCUT2D eigenvalue weighted by Crippen LogP contribution is -2.46. The minimum absolute atomic E-state index is 0.0784. The highest BCUT2D eigenvalue weighted by molar-refractivity contribution is 4.96. The quantitative estimate of drug-likeness (QED) is 0.774. The van der Waals surface area contributed by atoms with Gasteiger partial charge in [-0.1, -0.05) is 6.92 Å². The molecule has 0 spiro atoms. The summed E-state index contributed by atoms with van der Waals surface area (Å²) < 4.78 is 5.69. The molecule has 18 heavy (non-hydrogen) atoms. The zero-order valence-electron chi connectivity index (χ0n) is 11.5. The summed E-state index contributed by atoms with van der Waals surface area (Å²) in [5.74, 6) is 0.800. The predicted molar refractivity (Wildman–Crippen MR) is 68.2 cm³/mol. The van der Waals surface area contributed by atoms with Crippen molar-refractivity contribution in [2.45, 2.75) is 50.7 Å². The van der Waals surface area contributed by atoms with Crippen molar-refractivity contribution < 1.29 is 4.74 Å². The molecule has 1 aromatic heterocycles. The third-order valence-electron chi connectivity index (χ3n) is 3.79. The van der Waals surface area contributed by atoms with Crippen molar-refractivity contribution in [3.63, 3.8) is 0 Å². The van der Waals surface area contributed by atoms with Gasteiger partial charge in [0.25, 0.3) is 0 Å². The molecule has 1 heterocycles. The van der Waals surface area contributed by atoms with E-state index in [4.69, 9.17) is 4.74 Å². The zero-order valence-corrected chi connectivity index (χ0v) is 11.5. The molecule has 1 N–H and O–H groups in total. The first-order valence-corrected chi connectivity index (χ1v) is 6.69. The highest BCUT2D eigenvalue weighted by atomic mass is 16.5. The van der Waals surface area contributed by atoms with Gasteiger partial charge in [-0.3, -0.25) is 0 Å². The Morgan fingerprint density at radius 2 is 2.28 bits per heavy atom. The molecule has 0 amide bonds. The van der Waals surface area contributed by atoms with E-state index in [2.05, 4.69) is 27.7 Å². The summed E-state index contributed by atoms with van der Waals surface area (Å²) >= 11 is 0. The summed E-state index contributed by atoms with van der Waals surface area (Å²) in [7, 11) is 3.62. The van der Waals surface area contributed by atoms with Crippen LogP contribution < -0.4 is 5.32 Å². The van der Waals surface area contributed by atoms with Crippen LogP contribution in [0, 0.1) is 0 Å². The normalized spacial score (nSPS) is 19.5. The highest BCUT2D eigenvalue weighted by Gasteiger charge is 2.39. The van der Waals surface area contributed by atoms with Gasteiger partial charge in [0.2, 0.25) is 0 Å². The number of nitrogens with zero attached hydrogens (tertiary/aromatic N) is 4. The number of rotatable bonds is 7. The molecule has 1 saturated carbocycles. The van der Waals surface area contributed by atoms with Gasteiger partial charge in [0, 0.05) is 19.6 Å². The Labute approximate surface area is 108 Å². The number of aromatic nitrogens is 4. The van der Waals surface area contributed by atoms with Crippen molar-refractivity contribution in [2.24, 2.45) is 7.05 Å². The van der Waals surface area contributed by atoms with E-state index in [1.165, 1.54) is 24.1 Å². The largest absolute Gasteiger partial charge is 0.378 e. The number of aryl methyl sites for hydroxylation is 1. The van der Waals surface area contributed by atoms with Gasteiger partial charge in [-0.15, -0.1) is 10.2 Å². The van der Waals surface area contributed by atoms with E-state index in [0.29, 0.717) is 6.04 Å². The standard InChI is InChI=1S/C12H23N5O/c1-4-13-10(8-11-14-16-17(2)15-11)9-12(18-3)6-5-7-12/h10,13H,4-9H2,1-3H3. The van der Waals surface area contributed by atoms with Crippen LogP contribution in [0.2, 0.25) is 0 Å². The van der Waals surface area contributed by atoms with Gasteiger partial charge in [-0.25, -0.2) is 0 Å². The molecule has 1 aliphatic carbocycles. The van der Waals surface area contributed by atoms with Gasteiger partial charge in [0.1, 0.15) is 0 Å². The van der Waals surface area contributed by atoms with Crippen molar-refractivity contribution in [2.75, 3.05) is 13.7 Å². The van der Waals surface area contributed by atoms with Crippen LogP contribution in [-0.4, -0.2) is 45.5 Å². The van der Waals surface area contributed by atoms with Crippen LogP contribution in [-0.2, 0) is 18.2 Å². The van der Waals surface area contributed by atoms with Crippen LogP contribution in [0.15, 0.2) is 0 Å². The van der Waals surface area contributed by atoms with Crippen LogP contribution in [0.5, 0.6) is 0 Å². The zero-order chi connectivity index (χ0) is 13.0. The van der Waals surface area contributed by atoms with Crippen molar-refractivity contribution >= 4 is 0 Å². The lowest BCUT2D eigenvalue weighted by atomic mass is 9.75. The molecular formula is C12H23N5O. The molecule has 102 valence electrons. The molecule has 1 aromatic rings. The van der Waals surface area contributed by atoms with E-state index >= 15 is 0 Å². The van der Waals surface area contributed by atoms with Crippen molar-refractivity contribution in [1.29, 1.82) is 0 Å². The minimum atomic E-state index is 0.0784. The van der Waals surface area contributed by atoms with Gasteiger partial charge in [0.15, 0.2) is 5.82 Å². The number of likely N-dealkylation sites (N-methyl/N-ethyl adjacent to an activating group) is 1. The van der Waals surface area contributed by atoms with Gasteiger partial charge < -0.3 is 10.1 Å². The van der Waals surface area contributed by atoms with Crippen LogP contribution >= 0.6 is 0 Å². The van der Waals surface area contributed by atoms with Crippen molar-refractivity contribution in [3.8, 4) is 0 Å². The third-order valence-corrected chi connectivity index (χ3v) is 3.79. The first kappa shape index (κ1) is 13.4. The van der Waals surface area contributed by atoms with E-state index in [0.717, 1.165) is 25.2 Å². The molecule has 0 aliphatic heterocycles. The maximum atomic E-state index is 5.69. The average Bonchev–Trinajstić information content (AvgIpc) is 2.69. The summed E-state index contributed by atoms with van der Waals surface area (Å²) in [6.45, 7) is 3.07. The number of hydrogen-bond acceptors (Lipinski definition) is 5. The Hall–Kier alpha value is -1.01. The van der Waals surface area contributed by atoms with Crippen molar-refractivity contribution in [1.82, 2.24) is 25.5 Å². The van der Waals surface area contributed by atoms with E-state index in [1.54, 1.807) is 7.05 Å². The first-order valence-electron chi connectivity index (χ1n) is 6.69. The molecule has 0 bridgehead atoms. The highest BCUT2D eigenvalue weighted by Crippen LogP contribution is 2.39. The molecule has 2 rings (SSSR count). The summed E-state index contributed by atoms with van der Waals surface area (Å²) in [4.78, 5) is 1.51. The van der Waals surface area contributed by atoms with Gasteiger partial charge >= 0.3 is 0 Å². The average molecular weight is 253 g/mol. The summed E-state index contributed by atoms with van der Waals surface area (Å²) in [5, 5.41) is 15.7. The maximum Gasteiger partial charge on any atom is 0.176 e. The van der Waals surface area contributed by atoms with Gasteiger partial charge in [0.05, 0.1) is 12.6 Å². The van der Waals surface area contributed by atoms with E-state index < -0.39 is 0 Å². The number of hydrogen-bond donors (Lipinski definition) is 1. The molecule has 6 heteroatoms. The number of tetrazole rings is 1. The summed E-state index contributed by atoms with van der Waals surface area (Å²) in [6.07, 6.45) is 5.44. The molecular weight excluding hydrogens is 230 g/mol. The summed E-state index contributed by atoms with van der Waals surface area (Å²) in [6, 6.07) is 0.361. The molecule has 0 radical (unpaired) electrons. The Balaban J connectivity index is 1.95. The van der Waals surface area contributed by atoms with Crippen LogP contribution in [0.25, 0.3) is 0 Å². The van der Waals surface area contributed by atoms with E-state index in [1.807, 2.05) is 7.11 Å². The second kappa shape index (κ2) is 5.75. The SMILES string of the molecule is CCNC(Cc1nnn(C)n1)CC1(OC)CCC1. The fraction of sp³-hybridized carbons (Fsp3) is 0.917. The lowest BCUT2D eigenvalue weighted by molar-refractivity contribution is -0.0834. The fourth-order valence-corrected chi connectivity index (χ4v) is 2.64. The van der Waals surface area contributed by atoms with E-state index in [-0.39, 0.29) is 5.60 Å². The van der Waals surface area contributed by atoms with Gasteiger partial charge in [-0.05, 0) is 37.4 Å². The number of methoxy groups -OCH3 is 1. The maximum absolute atomic E-state index is 5.69. The minimum Gasteiger partial charge on any atom is -0.378 e. The molecule has 6 nitrogen and oxygen atoms in total. The van der Waals surface area contributed by atoms with Gasteiger partial charge in [-0.2, -0.15) is 4.80 Å². The Kier molecular flexibility index (Phi) is 4.29. The van der Waals surface area contributed by atoms with Crippen molar-refractivity contribution in [3.05, 3.63) is 5.82 Å². The molecule has 1 aliphatic rings. The van der Waals surface area contributed by atoms with Crippen LogP contribution in [0.3, 0.4) is 0 Å². The molecule has 1 fully saturated rings. The second-order valence-electron chi connectivity index (χ2n) is 5.10. The smallest absolute Gasteiger partial charge is 0.176 e. The topological polar surface area (TPSA) is 64.9 Å². The number of ether oxygens (including phenoxy) is 1.